The van der Waals surface area contributed by atoms with Crippen LogP contribution in [0.3, 0.4) is 0 Å². The normalized spacial score (nSPS) is 20.8. The summed E-state index contributed by atoms with van der Waals surface area (Å²) in [6.07, 6.45) is 3.60. The largest absolute Gasteiger partial charge is 0.355 e. The van der Waals surface area contributed by atoms with Gasteiger partial charge in [0.1, 0.15) is 11.5 Å². The Kier molecular flexibility index (Phi) is 6.00. The smallest absolute Gasteiger partial charge is 0.253 e. The summed E-state index contributed by atoms with van der Waals surface area (Å²) in [5.74, 6) is -0.970. The minimum Gasteiger partial charge on any atom is -0.355 e. The van der Waals surface area contributed by atoms with Crippen LogP contribution in [-0.2, 0) is 6.54 Å². The Morgan fingerprint density at radius 1 is 1.09 bits per heavy atom. The standard InChI is InChI=1S/C25H27F2N3O2/c1-25(27)12-10-18(11-13-25)29-24(32)19-15-30(21-5-3-4-20(26)22(19)21)14-16-6-8-17(9-7-16)23(31)28-2/h3-9,15,18H,10-14H2,1-2H3,(H,28,31)(H,29,32). The average Bonchev–Trinajstić information content (AvgIpc) is 3.15. The minimum atomic E-state index is -1.18. The number of nitrogens with zero attached hydrogens (tertiary/aromatic N) is 1. The van der Waals surface area contributed by atoms with Crippen molar-refractivity contribution in [3.05, 3.63) is 71.2 Å². The molecule has 0 radical (unpaired) electrons. The number of hydrogen-bond donors (Lipinski definition) is 2. The summed E-state index contributed by atoms with van der Waals surface area (Å²) in [4.78, 5) is 24.8. The van der Waals surface area contributed by atoms with Crippen LogP contribution in [-0.4, -0.2) is 35.1 Å². The maximum absolute atomic E-state index is 14.7. The number of amides is 2. The third kappa shape index (κ3) is 4.52. The lowest BCUT2D eigenvalue weighted by molar-refractivity contribution is 0.0851. The van der Waals surface area contributed by atoms with Crippen molar-refractivity contribution >= 4 is 22.7 Å². The summed E-state index contributed by atoms with van der Waals surface area (Å²) in [6, 6.07) is 11.8. The SMILES string of the molecule is CNC(=O)c1ccc(Cn2cc(C(=O)NC3CCC(C)(F)CC3)c3c(F)cccc32)cc1. The fourth-order valence-electron chi connectivity index (χ4n) is 4.34. The highest BCUT2D eigenvalue weighted by atomic mass is 19.1. The molecule has 0 saturated heterocycles. The molecule has 0 unspecified atom stereocenters. The fraction of sp³-hybridized carbons (Fsp3) is 0.360. The van der Waals surface area contributed by atoms with E-state index in [4.69, 9.17) is 0 Å². The molecule has 7 heteroatoms. The molecule has 1 fully saturated rings. The zero-order valence-electron chi connectivity index (χ0n) is 18.3. The van der Waals surface area contributed by atoms with E-state index in [2.05, 4.69) is 10.6 Å². The average molecular weight is 440 g/mol. The quantitative estimate of drug-likeness (QED) is 0.611. The van der Waals surface area contributed by atoms with Gasteiger partial charge in [-0.25, -0.2) is 8.78 Å². The predicted molar refractivity (Wildman–Crippen MR) is 120 cm³/mol. The van der Waals surface area contributed by atoms with Crippen LogP contribution < -0.4 is 10.6 Å². The highest BCUT2D eigenvalue weighted by Gasteiger charge is 2.32. The van der Waals surface area contributed by atoms with Crippen LogP contribution in [0.5, 0.6) is 0 Å². The van der Waals surface area contributed by atoms with Gasteiger partial charge in [-0.3, -0.25) is 9.59 Å². The molecule has 3 aromatic rings. The number of carbonyl (C=O) groups is 2. The zero-order chi connectivity index (χ0) is 22.9. The van der Waals surface area contributed by atoms with Gasteiger partial charge >= 0.3 is 0 Å². The number of benzene rings is 2. The van der Waals surface area contributed by atoms with E-state index in [1.54, 1.807) is 44.4 Å². The van der Waals surface area contributed by atoms with Gasteiger partial charge in [0.25, 0.3) is 11.8 Å². The van der Waals surface area contributed by atoms with Crippen molar-refractivity contribution < 1.29 is 18.4 Å². The van der Waals surface area contributed by atoms with Gasteiger partial charge in [0.2, 0.25) is 0 Å². The molecule has 1 aliphatic carbocycles. The van der Waals surface area contributed by atoms with Crippen molar-refractivity contribution in [3.8, 4) is 0 Å². The third-order valence-electron chi connectivity index (χ3n) is 6.26. The molecule has 4 rings (SSSR count). The third-order valence-corrected chi connectivity index (χ3v) is 6.26. The lowest BCUT2D eigenvalue weighted by atomic mass is 9.85. The Morgan fingerprint density at radius 3 is 2.44 bits per heavy atom. The first kappa shape index (κ1) is 22.0. The molecule has 0 aliphatic heterocycles. The van der Waals surface area contributed by atoms with Crippen LogP contribution in [0, 0.1) is 5.82 Å². The van der Waals surface area contributed by atoms with Gasteiger partial charge in [-0.2, -0.15) is 0 Å². The first-order valence-electron chi connectivity index (χ1n) is 10.9. The molecule has 2 amide bonds. The van der Waals surface area contributed by atoms with Crippen LogP contribution in [0.15, 0.2) is 48.7 Å². The van der Waals surface area contributed by atoms with Gasteiger partial charge < -0.3 is 15.2 Å². The Labute approximate surface area is 185 Å². The van der Waals surface area contributed by atoms with Crippen LogP contribution in [0.25, 0.3) is 10.9 Å². The van der Waals surface area contributed by atoms with Gasteiger partial charge in [-0.1, -0.05) is 18.2 Å². The second-order valence-corrected chi connectivity index (χ2v) is 8.74. The van der Waals surface area contributed by atoms with Crippen molar-refractivity contribution in [2.24, 2.45) is 0 Å². The second kappa shape index (κ2) is 8.73. The predicted octanol–water partition coefficient (Wildman–Crippen LogP) is 4.59. The summed E-state index contributed by atoms with van der Waals surface area (Å²) in [7, 11) is 1.58. The molecule has 1 aromatic heterocycles. The molecule has 2 N–H and O–H groups in total. The number of halogens is 2. The lowest BCUT2D eigenvalue weighted by Crippen LogP contribution is -2.40. The Balaban J connectivity index is 1.59. The van der Waals surface area contributed by atoms with E-state index in [9.17, 15) is 18.4 Å². The monoisotopic (exact) mass is 439 g/mol. The summed E-state index contributed by atoms with van der Waals surface area (Å²) in [5.41, 5.74) is 1.17. The zero-order valence-corrected chi connectivity index (χ0v) is 18.3. The van der Waals surface area contributed by atoms with Crippen molar-refractivity contribution in [3.63, 3.8) is 0 Å². The highest BCUT2D eigenvalue weighted by Crippen LogP contribution is 2.32. The maximum Gasteiger partial charge on any atom is 0.253 e. The lowest BCUT2D eigenvalue weighted by Gasteiger charge is -2.31. The van der Waals surface area contributed by atoms with E-state index >= 15 is 0 Å². The summed E-state index contributed by atoms with van der Waals surface area (Å²) in [6.45, 7) is 2.01. The van der Waals surface area contributed by atoms with Crippen LogP contribution in [0.2, 0.25) is 0 Å². The van der Waals surface area contributed by atoms with E-state index in [1.165, 1.54) is 6.07 Å². The number of rotatable bonds is 5. The van der Waals surface area contributed by atoms with Crippen molar-refractivity contribution in [1.82, 2.24) is 15.2 Å². The molecule has 168 valence electrons. The first-order chi connectivity index (χ1) is 15.3. The Bertz CT molecular complexity index is 1140. The van der Waals surface area contributed by atoms with Gasteiger partial charge in [0.15, 0.2) is 0 Å². The summed E-state index contributed by atoms with van der Waals surface area (Å²) >= 11 is 0. The number of aromatic nitrogens is 1. The molecule has 5 nitrogen and oxygen atoms in total. The highest BCUT2D eigenvalue weighted by molar-refractivity contribution is 6.07. The number of hydrogen-bond acceptors (Lipinski definition) is 2. The van der Waals surface area contributed by atoms with Gasteiger partial charge in [0, 0.05) is 36.8 Å². The second-order valence-electron chi connectivity index (χ2n) is 8.74. The van der Waals surface area contributed by atoms with E-state index in [1.807, 2.05) is 16.7 Å². The maximum atomic E-state index is 14.7. The summed E-state index contributed by atoms with van der Waals surface area (Å²) in [5, 5.41) is 5.83. The Morgan fingerprint density at radius 2 is 1.78 bits per heavy atom. The van der Waals surface area contributed by atoms with Gasteiger partial charge in [-0.15, -0.1) is 0 Å². The van der Waals surface area contributed by atoms with Crippen molar-refractivity contribution in [2.45, 2.75) is 50.9 Å². The van der Waals surface area contributed by atoms with Crippen LogP contribution in [0.4, 0.5) is 8.78 Å². The molecule has 0 bridgehead atoms. The first-order valence-corrected chi connectivity index (χ1v) is 10.9. The number of carbonyl (C=O) groups excluding carboxylic acids is 2. The van der Waals surface area contributed by atoms with E-state index in [0.29, 0.717) is 43.3 Å². The molecule has 1 saturated carbocycles. The van der Waals surface area contributed by atoms with Crippen LogP contribution in [0.1, 0.15) is 58.9 Å². The van der Waals surface area contributed by atoms with Gasteiger partial charge in [0.05, 0.1) is 11.1 Å². The molecule has 1 aliphatic rings. The van der Waals surface area contributed by atoms with Crippen molar-refractivity contribution in [1.29, 1.82) is 0 Å². The molecule has 2 aromatic carbocycles. The van der Waals surface area contributed by atoms with E-state index < -0.39 is 11.5 Å². The molecule has 1 heterocycles. The van der Waals surface area contributed by atoms with Crippen molar-refractivity contribution in [2.75, 3.05) is 7.05 Å². The topological polar surface area (TPSA) is 63.1 Å². The van der Waals surface area contributed by atoms with E-state index in [-0.39, 0.29) is 28.8 Å². The number of alkyl halides is 1. The molecular formula is C25H27F2N3O2. The van der Waals surface area contributed by atoms with Crippen LogP contribution >= 0.6 is 0 Å². The molecule has 0 spiro atoms. The molecule has 0 atom stereocenters. The Hall–Kier alpha value is -3.22. The summed E-state index contributed by atoms with van der Waals surface area (Å²) < 4.78 is 30.6. The minimum absolute atomic E-state index is 0.117. The van der Waals surface area contributed by atoms with E-state index in [0.717, 1.165) is 5.56 Å². The molecular weight excluding hydrogens is 412 g/mol. The fourth-order valence-corrected chi connectivity index (χ4v) is 4.34. The number of fused-ring (bicyclic) bond motifs is 1. The molecule has 32 heavy (non-hydrogen) atoms. The number of nitrogens with one attached hydrogen (secondary N) is 2. The van der Waals surface area contributed by atoms with Gasteiger partial charge in [-0.05, 0) is 62.4 Å².